The van der Waals surface area contributed by atoms with Crippen LogP contribution >= 0.6 is 66.4 Å². The molecule has 0 radical (unpaired) electrons. The Morgan fingerprint density at radius 3 is 2.47 bits per heavy atom. The number of rotatable bonds is 2. The molecule has 1 aromatic heterocycles. The molecular formula is C12H8Br2Cl2S. The molecule has 0 nitrogen and oxygen atoms in total. The van der Waals surface area contributed by atoms with Crippen LogP contribution in [0.25, 0.3) is 0 Å². The first-order valence-electron chi connectivity index (χ1n) is 4.84. The van der Waals surface area contributed by atoms with E-state index in [9.17, 15) is 0 Å². The SMILES string of the molecule is Cc1cc(C(Br)c2ccc(Cl)cc2Br)sc1Cl. The van der Waals surface area contributed by atoms with Gasteiger partial charge in [-0.05, 0) is 36.2 Å². The van der Waals surface area contributed by atoms with Crippen LogP contribution in [0.1, 0.15) is 20.8 Å². The van der Waals surface area contributed by atoms with E-state index in [0.29, 0.717) is 0 Å². The molecule has 1 heterocycles. The zero-order chi connectivity index (χ0) is 12.6. The average molecular weight is 415 g/mol. The number of halogens is 4. The molecule has 1 aromatic carbocycles. The first-order valence-corrected chi connectivity index (χ1v) is 8.12. The molecule has 0 saturated carbocycles. The first kappa shape index (κ1) is 13.9. The topological polar surface area (TPSA) is 0 Å². The van der Waals surface area contributed by atoms with Crippen molar-refractivity contribution < 1.29 is 0 Å². The predicted molar refractivity (Wildman–Crippen MR) is 84.0 cm³/mol. The summed E-state index contributed by atoms with van der Waals surface area (Å²) in [4.78, 5) is 1.32. The molecule has 17 heavy (non-hydrogen) atoms. The Balaban J connectivity index is 2.39. The predicted octanol–water partition coefficient (Wildman–Crippen LogP) is 6.61. The summed E-state index contributed by atoms with van der Waals surface area (Å²) in [6.07, 6.45) is 0. The van der Waals surface area contributed by atoms with E-state index in [1.165, 1.54) is 4.88 Å². The van der Waals surface area contributed by atoms with Crippen LogP contribution in [0.5, 0.6) is 0 Å². The van der Waals surface area contributed by atoms with Crippen molar-refractivity contribution in [2.75, 3.05) is 0 Å². The van der Waals surface area contributed by atoms with Crippen LogP contribution in [-0.4, -0.2) is 0 Å². The molecule has 0 bridgehead atoms. The third kappa shape index (κ3) is 3.07. The van der Waals surface area contributed by atoms with E-state index in [1.807, 2.05) is 25.1 Å². The maximum absolute atomic E-state index is 6.09. The molecule has 0 N–H and O–H groups in total. The quantitative estimate of drug-likeness (QED) is 0.485. The van der Waals surface area contributed by atoms with E-state index >= 15 is 0 Å². The van der Waals surface area contributed by atoms with Crippen molar-refractivity contribution in [1.82, 2.24) is 0 Å². The molecule has 0 saturated heterocycles. The lowest BCUT2D eigenvalue weighted by atomic mass is 10.1. The lowest BCUT2D eigenvalue weighted by molar-refractivity contribution is 1.20. The molecule has 2 rings (SSSR count). The van der Waals surface area contributed by atoms with E-state index in [1.54, 1.807) is 11.3 Å². The number of hydrogen-bond donors (Lipinski definition) is 0. The summed E-state index contributed by atoms with van der Waals surface area (Å²) in [6, 6.07) is 7.90. The van der Waals surface area contributed by atoms with Crippen LogP contribution in [0.2, 0.25) is 9.36 Å². The second kappa shape index (κ2) is 5.62. The standard InChI is InChI=1S/C12H8Br2Cl2S/c1-6-4-10(17-12(6)16)11(14)8-3-2-7(15)5-9(8)13/h2-5,11H,1H3. The zero-order valence-electron chi connectivity index (χ0n) is 8.81. The van der Waals surface area contributed by atoms with E-state index in [-0.39, 0.29) is 4.83 Å². The molecule has 0 aliphatic rings. The highest BCUT2D eigenvalue weighted by atomic mass is 79.9. The third-order valence-electron chi connectivity index (χ3n) is 2.36. The molecule has 90 valence electrons. The third-order valence-corrected chi connectivity index (χ3v) is 6.19. The van der Waals surface area contributed by atoms with Gasteiger partial charge in [0.05, 0.1) is 9.16 Å². The van der Waals surface area contributed by atoms with Gasteiger partial charge in [-0.3, -0.25) is 0 Å². The molecule has 1 atom stereocenters. The van der Waals surface area contributed by atoms with E-state index in [2.05, 4.69) is 37.9 Å². The van der Waals surface area contributed by atoms with E-state index in [0.717, 1.165) is 25.0 Å². The molecule has 0 spiro atoms. The lowest BCUT2D eigenvalue weighted by Gasteiger charge is -2.10. The fourth-order valence-electron chi connectivity index (χ4n) is 1.47. The molecule has 0 amide bonds. The Labute approximate surface area is 131 Å². The van der Waals surface area contributed by atoms with Gasteiger partial charge in [-0.2, -0.15) is 0 Å². The first-order chi connectivity index (χ1) is 7.99. The van der Waals surface area contributed by atoms with Crippen molar-refractivity contribution in [3.8, 4) is 0 Å². The number of benzene rings is 1. The van der Waals surface area contributed by atoms with Crippen LogP contribution in [0.4, 0.5) is 0 Å². The summed E-state index contributed by atoms with van der Waals surface area (Å²) in [7, 11) is 0. The van der Waals surface area contributed by atoms with Crippen molar-refractivity contribution >= 4 is 66.4 Å². The Morgan fingerprint density at radius 1 is 1.24 bits per heavy atom. The molecule has 0 fully saturated rings. The summed E-state index contributed by atoms with van der Waals surface area (Å²) in [6.45, 7) is 2.01. The molecule has 5 heteroatoms. The van der Waals surface area contributed by atoms with Crippen molar-refractivity contribution in [2.24, 2.45) is 0 Å². The Bertz CT molecular complexity index is 532. The van der Waals surface area contributed by atoms with E-state index in [4.69, 9.17) is 23.2 Å². The smallest absolute Gasteiger partial charge is 0.0960 e. The Kier molecular flexibility index (Phi) is 4.59. The van der Waals surface area contributed by atoms with Gasteiger partial charge in [0, 0.05) is 14.4 Å². The highest BCUT2D eigenvalue weighted by Crippen LogP contribution is 2.41. The molecular weight excluding hydrogens is 407 g/mol. The molecule has 2 aromatic rings. The lowest BCUT2D eigenvalue weighted by Crippen LogP contribution is -1.90. The fourth-order valence-corrected chi connectivity index (χ4v) is 4.71. The summed E-state index contributed by atoms with van der Waals surface area (Å²) < 4.78 is 1.84. The number of aryl methyl sites for hydroxylation is 1. The summed E-state index contributed by atoms with van der Waals surface area (Å²) >= 11 is 20.8. The van der Waals surface area contributed by atoms with Crippen LogP contribution in [-0.2, 0) is 0 Å². The zero-order valence-corrected chi connectivity index (χ0v) is 14.3. The number of hydrogen-bond acceptors (Lipinski definition) is 1. The van der Waals surface area contributed by atoms with Crippen molar-refractivity contribution in [3.05, 3.63) is 54.1 Å². The second-order valence-corrected chi connectivity index (χ2v) is 7.53. The van der Waals surface area contributed by atoms with E-state index < -0.39 is 0 Å². The molecule has 1 unspecified atom stereocenters. The van der Waals surface area contributed by atoms with Crippen molar-refractivity contribution in [1.29, 1.82) is 0 Å². The minimum Gasteiger partial charge on any atom is -0.127 e. The maximum atomic E-state index is 6.09. The maximum Gasteiger partial charge on any atom is 0.0960 e. The minimum absolute atomic E-state index is 0.130. The monoisotopic (exact) mass is 412 g/mol. The number of alkyl halides is 1. The summed E-state index contributed by atoms with van der Waals surface area (Å²) in [5, 5.41) is 0.723. The molecule has 0 aliphatic heterocycles. The Morgan fingerprint density at radius 2 is 1.94 bits per heavy atom. The van der Waals surface area contributed by atoms with Gasteiger partial charge in [0.2, 0.25) is 0 Å². The molecule has 0 aliphatic carbocycles. The summed E-state index contributed by atoms with van der Waals surface area (Å²) in [5.41, 5.74) is 2.26. The highest BCUT2D eigenvalue weighted by molar-refractivity contribution is 9.11. The van der Waals surface area contributed by atoms with Crippen LogP contribution < -0.4 is 0 Å². The van der Waals surface area contributed by atoms with Gasteiger partial charge < -0.3 is 0 Å². The van der Waals surface area contributed by atoms with Gasteiger partial charge >= 0.3 is 0 Å². The second-order valence-electron chi connectivity index (χ2n) is 3.63. The largest absolute Gasteiger partial charge is 0.127 e. The Hall–Kier alpha value is 0.460. The fraction of sp³-hybridized carbons (Fsp3) is 0.167. The van der Waals surface area contributed by atoms with Crippen LogP contribution in [0.3, 0.4) is 0 Å². The van der Waals surface area contributed by atoms with Gasteiger partial charge in [-0.25, -0.2) is 0 Å². The average Bonchev–Trinajstić information content (AvgIpc) is 2.58. The van der Waals surface area contributed by atoms with Gasteiger partial charge in [0.1, 0.15) is 0 Å². The van der Waals surface area contributed by atoms with Gasteiger partial charge in [-0.15, -0.1) is 11.3 Å². The number of thiophene rings is 1. The van der Waals surface area contributed by atoms with Crippen LogP contribution in [0.15, 0.2) is 28.7 Å². The summed E-state index contributed by atoms with van der Waals surface area (Å²) in [5.74, 6) is 0. The van der Waals surface area contributed by atoms with Crippen molar-refractivity contribution in [2.45, 2.75) is 11.8 Å². The van der Waals surface area contributed by atoms with Crippen molar-refractivity contribution in [3.63, 3.8) is 0 Å². The minimum atomic E-state index is 0.130. The van der Waals surface area contributed by atoms with Gasteiger partial charge in [-0.1, -0.05) is 61.1 Å². The highest BCUT2D eigenvalue weighted by Gasteiger charge is 2.17. The van der Waals surface area contributed by atoms with Crippen LogP contribution in [0, 0.1) is 6.92 Å². The van der Waals surface area contributed by atoms with Gasteiger partial charge in [0.25, 0.3) is 0 Å². The normalized spacial score (nSPS) is 12.8. The van der Waals surface area contributed by atoms with Gasteiger partial charge in [0.15, 0.2) is 0 Å².